The van der Waals surface area contributed by atoms with E-state index in [1.165, 1.54) is 0 Å². The first-order valence-corrected chi connectivity index (χ1v) is 8.52. The van der Waals surface area contributed by atoms with E-state index in [0.717, 1.165) is 22.4 Å². The quantitative estimate of drug-likeness (QED) is 0.685. The number of rotatable bonds is 8. The van der Waals surface area contributed by atoms with Crippen LogP contribution in [0, 0.1) is 0 Å². The van der Waals surface area contributed by atoms with Gasteiger partial charge in [-0.1, -0.05) is 42.5 Å². The van der Waals surface area contributed by atoms with Crippen molar-refractivity contribution in [2.75, 3.05) is 20.2 Å². The molecule has 0 aliphatic heterocycles. The van der Waals surface area contributed by atoms with Crippen molar-refractivity contribution in [1.82, 2.24) is 14.5 Å². The molecule has 0 bridgehead atoms. The fourth-order valence-electron chi connectivity index (χ4n) is 2.94. The van der Waals surface area contributed by atoms with Crippen molar-refractivity contribution in [3.63, 3.8) is 0 Å². The summed E-state index contributed by atoms with van der Waals surface area (Å²) in [5.41, 5.74) is 3.24. The van der Waals surface area contributed by atoms with Crippen LogP contribution in [0.2, 0.25) is 0 Å². The molecule has 5 nitrogen and oxygen atoms in total. The predicted octanol–water partition coefficient (Wildman–Crippen LogP) is 2.58. The van der Waals surface area contributed by atoms with E-state index in [-0.39, 0.29) is 0 Å². The number of fused-ring (bicyclic) bond motifs is 1. The molecule has 0 aliphatic carbocycles. The van der Waals surface area contributed by atoms with Crippen molar-refractivity contribution in [3.05, 3.63) is 66.0 Å². The van der Waals surface area contributed by atoms with Crippen LogP contribution in [0.5, 0.6) is 0 Å². The Labute approximate surface area is 148 Å². The molecule has 132 valence electrons. The Morgan fingerprint density at radius 1 is 1.12 bits per heavy atom. The number of aliphatic hydroxyl groups is 1. The first-order chi connectivity index (χ1) is 12.1. The molecular weight excluding hydrogens is 314 g/mol. The summed E-state index contributed by atoms with van der Waals surface area (Å²) in [6, 6.07) is 18.1. The predicted molar refractivity (Wildman–Crippen MR) is 99.2 cm³/mol. The summed E-state index contributed by atoms with van der Waals surface area (Å²) in [4.78, 5) is 6.74. The average Bonchev–Trinajstić information content (AvgIpc) is 2.92. The molecule has 1 N–H and O–H groups in total. The van der Waals surface area contributed by atoms with Gasteiger partial charge in [-0.2, -0.15) is 0 Å². The van der Waals surface area contributed by atoms with E-state index in [1.807, 2.05) is 62.6 Å². The number of aromatic nitrogens is 2. The maximum absolute atomic E-state index is 10.2. The monoisotopic (exact) mass is 339 g/mol. The van der Waals surface area contributed by atoms with Gasteiger partial charge in [0.25, 0.3) is 0 Å². The topological polar surface area (TPSA) is 50.5 Å². The number of nitrogens with zero attached hydrogens (tertiary/aromatic N) is 3. The van der Waals surface area contributed by atoms with Crippen molar-refractivity contribution in [2.45, 2.75) is 19.3 Å². The van der Waals surface area contributed by atoms with Crippen molar-refractivity contribution < 1.29 is 9.84 Å². The van der Waals surface area contributed by atoms with Gasteiger partial charge in [-0.05, 0) is 24.7 Å². The zero-order chi connectivity index (χ0) is 17.6. The molecule has 0 unspecified atom stereocenters. The molecular formula is C20H25N3O2. The van der Waals surface area contributed by atoms with Gasteiger partial charge in [-0.3, -0.25) is 4.90 Å². The van der Waals surface area contributed by atoms with E-state index in [2.05, 4.69) is 20.5 Å². The number of imidazole rings is 1. The summed E-state index contributed by atoms with van der Waals surface area (Å²) in [6.45, 7) is 2.06. The van der Waals surface area contributed by atoms with E-state index in [0.29, 0.717) is 26.3 Å². The third-order valence-corrected chi connectivity index (χ3v) is 4.24. The number of ether oxygens (including phenoxy) is 1. The smallest absolute Gasteiger partial charge is 0.123 e. The fraction of sp³-hybridized carbons (Fsp3) is 0.350. The fourth-order valence-corrected chi connectivity index (χ4v) is 2.94. The van der Waals surface area contributed by atoms with Crippen molar-refractivity contribution in [2.24, 2.45) is 7.05 Å². The molecule has 0 saturated heterocycles. The zero-order valence-electron chi connectivity index (χ0n) is 14.8. The SMILES string of the molecule is CN(Cc1nc2ccccc2n1C)C[C@H](O)COCc1ccccc1. The molecule has 5 heteroatoms. The van der Waals surface area contributed by atoms with Crippen LogP contribution >= 0.6 is 0 Å². The van der Waals surface area contributed by atoms with E-state index in [1.54, 1.807) is 0 Å². The van der Waals surface area contributed by atoms with Crippen molar-refractivity contribution in [1.29, 1.82) is 0 Å². The van der Waals surface area contributed by atoms with E-state index < -0.39 is 6.10 Å². The third kappa shape index (κ3) is 4.66. The van der Waals surface area contributed by atoms with Crippen molar-refractivity contribution >= 4 is 11.0 Å². The van der Waals surface area contributed by atoms with Crippen LogP contribution in [-0.2, 0) is 24.9 Å². The molecule has 3 aromatic rings. The Balaban J connectivity index is 1.48. The second-order valence-corrected chi connectivity index (χ2v) is 6.43. The second-order valence-electron chi connectivity index (χ2n) is 6.43. The first-order valence-electron chi connectivity index (χ1n) is 8.52. The highest BCUT2D eigenvalue weighted by molar-refractivity contribution is 5.75. The molecule has 3 rings (SSSR count). The summed E-state index contributed by atoms with van der Waals surface area (Å²) in [5, 5.41) is 10.2. The van der Waals surface area contributed by atoms with Crippen LogP contribution in [0.3, 0.4) is 0 Å². The number of hydrogen-bond donors (Lipinski definition) is 1. The molecule has 0 saturated carbocycles. The largest absolute Gasteiger partial charge is 0.389 e. The zero-order valence-corrected chi connectivity index (χ0v) is 14.8. The molecule has 1 heterocycles. The van der Waals surface area contributed by atoms with Gasteiger partial charge < -0.3 is 14.4 Å². The Kier molecular flexibility index (Phi) is 5.81. The van der Waals surface area contributed by atoms with Crippen LogP contribution in [0.1, 0.15) is 11.4 Å². The van der Waals surface area contributed by atoms with Gasteiger partial charge in [0.15, 0.2) is 0 Å². The highest BCUT2D eigenvalue weighted by Gasteiger charge is 2.13. The molecule has 1 aromatic heterocycles. The summed E-state index contributed by atoms with van der Waals surface area (Å²) in [7, 11) is 4.01. The summed E-state index contributed by atoms with van der Waals surface area (Å²) in [5.74, 6) is 0.987. The van der Waals surface area contributed by atoms with Gasteiger partial charge in [0.05, 0.1) is 36.9 Å². The molecule has 0 spiro atoms. The maximum Gasteiger partial charge on any atom is 0.123 e. The number of likely N-dealkylation sites (N-methyl/N-ethyl adjacent to an activating group) is 1. The minimum atomic E-state index is -0.525. The highest BCUT2D eigenvalue weighted by atomic mass is 16.5. The van der Waals surface area contributed by atoms with Crippen LogP contribution in [0.25, 0.3) is 11.0 Å². The normalized spacial score (nSPS) is 12.8. The minimum Gasteiger partial charge on any atom is -0.389 e. The minimum absolute atomic E-state index is 0.321. The number of benzene rings is 2. The van der Waals surface area contributed by atoms with Gasteiger partial charge in [0.2, 0.25) is 0 Å². The second kappa shape index (κ2) is 8.25. The number of hydrogen-bond acceptors (Lipinski definition) is 4. The lowest BCUT2D eigenvalue weighted by molar-refractivity contribution is 0.0123. The van der Waals surface area contributed by atoms with Gasteiger partial charge >= 0.3 is 0 Å². The van der Waals surface area contributed by atoms with E-state index in [4.69, 9.17) is 4.74 Å². The van der Waals surface area contributed by atoms with Gasteiger partial charge in [0, 0.05) is 13.6 Å². The van der Waals surface area contributed by atoms with Gasteiger partial charge in [0.1, 0.15) is 5.82 Å². The molecule has 0 radical (unpaired) electrons. The lowest BCUT2D eigenvalue weighted by atomic mass is 10.2. The summed E-state index contributed by atoms with van der Waals surface area (Å²) < 4.78 is 7.71. The Morgan fingerprint density at radius 2 is 1.84 bits per heavy atom. The average molecular weight is 339 g/mol. The molecule has 1 atom stereocenters. The molecule has 0 amide bonds. The lowest BCUT2D eigenvalue weighted by Gasteiger charge is -2.20. The van der Waals surface area contributed by atoms with Crippen molar-refractivity contribution in [3.8, 4) is 0 Å². The van der Waals surface area contributed by atoms with Crippen LogP contribution in [0.15, 0.2) is 54.6 Å². The molecule has 2 aromatic carbocycles. The summed E-state index contributed by atoms with van der Waals surface area (Å²) in [6.07, 6.45) is -0.525. The van der Waals surface area contributed by atoms with E-state index >= 15 is 0 Å². The summed E-state index contributed by atoms with van der Waals surface area (Å²) >= 11 is 0. The Bertz CT molecular complexity index is 801. The Morgan fingerprint density at radius 3 is 2.60 bits per heavy atom. The van der Waals surface area contributed by atoms with Gasteiger partial charge in [-0.15, -0.1) is 0 Å². The lowest BCUT2D eigenvalue weighted by Crippen LogP contribution is -2.32. The van der Waals surface area contributed by atoms with Crippen LogP contribution in [-0.4, -0.2) is 45.9 Å². The van der Waals surface area contributed by atoms with E-state index in [9.17, 15) is 5.11 Å². The number of para-hydroxylation sites is 2. The Hall–Kier alpha value is -2.21. The molecule has 0 fully saturated rings. The number of aryl methyl sites for hydroxylation is 1. The van der Waals surface area contributed by atoms with Gasteiger partial charge in [-0.25, -0.2) is 4.98 Å². The maximum atomic E-state index is 10.2. The first kappa shape index (κ1) is 17.6. The number of aliphatic hydroxyl groups excluding tert-OH is 1. The highest BCUT2D eigenvalue weighted by Crippen LogP contribution is 2.15. The molecule has 0 aliphatic rings. The molecule has 25 heavy (non-hydrogen) atoms. The standard InChI is InChI=1S/C20H25N3O2/c1-22(12-17(24)15-25-14-16-8-4-3-5-9-16)13-20-21-18-10-6-7-11-19(18)23(20)2/h3-11,17,24H,12-15H2,1-2H3/t17-/m0/s1. The third-order valence-electron chi connectivity index (χ3n) is 4.24. The van der Waals surface area contributed by atoms with Crippen LogP contribution < -0.4 is 0 Å². The van der Waals surface area contributed by atoms with Crippen LogP contribution in [0.4, 0.5) is 0 Å².